The third-order valence-electron chi connectivity index (χ3n) is 2.93. The molecule has 0 aliphatic rings. The van der Waals surface area contributed by atoms with E-state index in [0.29, 0.717) is 4.47 Å². The Bertz CT molecular complexity index is 688. The van der Waals surface area contributed by atoms with Crippen LogP contribution in [-0.2, 0) is 4.74 Å². The van der Waals surface area contributed by atoms with Crippen LogP contribution in [0.15, 0.2) is 16.7 Å². The standard InChI is InChI=1S/C14H16BrF3N4O3S/c1-3-9(14(16,17)18)20-11(23)8-5-7(15)6-19-10(8)21-12(26)22-13(24)25-4-2/h5-6,9H,3-4H2,1-2H3,(H,20,23)(H2,19,21,22,24,26). The molecule has 1 aromatic rings. The first kappa shape index (κ1) is 22.1. The minimum Gasteiger partial charge on any atom is -0.450 e. The van der Waals surface area contributed by atoms with Crippen LogP contribution in [0.2, 0.25) is 0 Å². The van der Waals surface area contributed by atoms with E-state index in [1.165, 1.54) is 19.2 Å². The molecular formula is C14H16BrF3N4O3S. The Morgan fingerprint density at radius 1 is 1.38 bits per heavy atom. The SMILES string of the molecule is CCOC(=O)NC(=S)Nc1ncc(Br)cc1C(=O)NC(CC)C(F)(F)F. The number of halogens is 4. The first-order chi connectivity index (χ1) is 12.1. The van der Waals surface area contributed by atoms with Gasteiger partial charge in [0.1, 0.15) is 11.9 Å². The number of aromatic nitrogens is 1. The molecule has 0 aliphatic heterocycles. The predicted octanol–water partition coefficient (Wildman–Crippen LogP) is 3.36. The van der Waals surface area contributed by atoms with Crippen molar-refractivity contribution in [2.24, 2.45) is 0 Å². The Kier molecular flexibility index (Phi) is 8.21. The number of hydrogen-bond donors (Lipinski definition) is 3. The van der Waals surface area contributed by atoms with Gasteiger partial charge in [-0.25, -0.2) is 9.78 Å². The van der Waals surface area contributed by atoms with Gasteiger partial charge in [0.25, 0.3) is 5.91 Å². The number of amides is 2. The van der Waals surface area contributed by atoms with Gasteiger partial charge >= 0.3 is 12.3 Å². The minimum absolute atomic E-state index is 0.120. The van der Waals surface area contributed by atoms with Crippen LogP contribution >= 0.6 is 28.1 Å². The lowest BCUT2D eigenvalue weighted by atomic mass is 10.2. The molecule has 3 N–H and O–H groups in total. The van der Waals surface area contributed by atoms with Crippen molar-refractivity contribution in [1.29, 1.82) is 0 Å². The molecule has 1 rings (SSSR count). The van der Waals surface area contributed by atoms with Crippen LogP contribution in [-0.4, -0.2) is 40.9 Å². The Hall–Kier alpha value is -1.95. The van der Waals surface area contributed by atoms with Crippen molar-refractivity contribution >= 4 is 51.1 Å². The van der Waals surface area contributed by atoms with E-state index in [4.69, 9.17) is 12.2 Å². The lowest BCUT2D eigenvalue weighted by molar-refractivity contribution is -0.153. The van der Waals surface area contributed by atoms with Crippen molar-refractivity contribution in [1.82, 2.24) is 15.6 Å². The zero-order chi connectivity index (χ0) is 19.9. The highest BCUT2D eigenvalue weighted by Crippen LogP contribution is 2.24. The molecule has 0 fully saturated rings. The van der Waals surface area contributed by atoms with E-state index in [9.17, 15) is 22.8 Å². The molecule has 0 aromatic carbocycles. The molecule has 0 spiro atoms. The zero-order valence-corrected chi connectivity index (χ0v) is 16.1. The predicted molar refractivity (Wildman–Crippen MR) is 95.9 cm³/mol. The molecule has 12 heteroatoms. The third kappa shape index (κ3) is 6.75. The molecule has 144 valence electrons. The number of rotatable bonds is 5. The number of ether oxygens (including phenoxy) is 1. The van der Waals surface area contributed by atoms with Crippen molar-refractivity contribution in [2.75, 3.05) is 11.9 Å². The van der Waals surface area contributed by atoms with Gasteiger partial charge < -0.3 is 15.4 Å². The number of alkyl carbamates (subject to hydrolysis) is 1. The highest BCUT2D eigenvalue weighted by atomic mass is 79.9. The molecule has 7 nitrogen and oxygen atoms in total. The van der Waals surface area contributed by atoms with Crippen molar-refractivity contribution in [3.8, 4) is 0 Å². The Morgan fingerprint density at radius 2 is 2.04 bits per heavy atom. The summed E-state index contributed by atoms with van der Waals surface area (Å²) in [5, 5.41) is 6.34. The van der Waals surface area contributed by atoms with E-state index < -0.39 is 24.2 Å². The summed E-state index contributed by atoms with van der Waals surface area (Å²) in [6.45, 7) is 3.02. The van der Waals surface area contributed by atoms with Gasteiger partial charge in [0.2, 0.25) is 0 Å². The number of alkyl halides is 3. The zero-order valence-electron chi connectivity index (χ0n) is 13.7. The summed E-state index contributed by atoms with van der Waals surface area (Å²) in [6.07, 6.45) is -4.43. The average molecular weight is 457 g/mol. The normalized spacial score (nSPS) is 12.1. The number of carbonyl (C=O) groups is 2. The van der Waals surface area contributed by atoms with Crippen LogP contribution in [0.1, 0.15) is 30.6 Å². The van der Waals surface area contributed by atoms with Gasteiger partial charge in [-0.2, -0.15) is 13.2 Å². The highest BCUT2D eigenvalue weighted by Gasteiger charge is 2.39. The maximum absolute atomic E-state index is 12.9. The molecule has 0 bridgehead atoms. The maximum Gasteiger partial charge on any atom is 0.413 e. The van der Waals surface area contributed by atoms with Crippen LogP contribution in [0.4, 0.5) is 23.8 Å². The van der Waals surface area contributed by atoms with Crippen molar-refractivity contribution in [3.63, 3.8) is 0 Å². The molecule has 0 saturated carbocycles. The van der Waals surface area contributed by atoms with Crippen LogP contribution in [0.5, 0.6) is 0 Å². The lowest BCUT2D eigenvalue weighted by Crippen LogP contribution is -2.45. The number of carbonyl (C=O) groups excluding carboxylic acids is 2. The maximum atomic E-state index is 12.9. The van der Waals surface area contributed by atoms with Gasteiger partial charge in [-0.15, -0.1) is 0 Å². The largest absolute Gasteiger partial charge is 0.450 e. The van der Waals surface area contributed by atoms with Crippen molar-refractivity contribution < 1.29 is 27.5 Å². The van der Waals surface area contributed by atoms with Crippen LogP contribution < -0.4 is 16.0 Å². The number of hydrogen-bond acceptors (Lipinski definition) is 5. The molecule has 1 atom stereocenters. The van der Waals surface area contributed by atoms with E-state index in [-0.39, 0.29) is 29.5 Å². The Morgan fingerprint density at radius 3 is 2.58 bits per heavy atom. The molecule has 26 heavy (non-hydrogen) atoms. The minimum atomic E-state index is -4.59. The monoisotopic (exact) mass is 456 g/mol. The van der Waals surface area contributed by atoms with Gasteiger partial charge in [-0.05, 0) is 47.6 Å². The van der Waals surface area contributed by atoms with Gasteiger partial charge in [0.05, 0.1) is 12.2 Å². The smallest absolute Gasteiger partial charge is 0.413 e. The second kappa shape index (κ2) is 9.67. The summed E-state index contributed by atoms with van der Waals surface area (Å²) in [7, 11) is 0. The molecule has 0 saturated heterocycles. The van der Waals surface area contributed by atoms with E-state index >= 15 is 0 Å². The fraction of sp³-hybridized carbons (Fsp3) is 0.429. The van der Waals surface area contributed by atoms with E-state index in [1.54, 1.807) is 6.92 Å². The Balaban J connectivity index is 2.98. The summed E-state index contributed by atoms with van der Waals surface area (Å²) in [6, 6.07) is -0.729. The van der Waals surface area contributed by atoms with E-state index in [2.05, 4.69) is 36.3 Å². The third-order valence-corrected chi connectivity index (χ3v) is 3.57. The number of anilines is 1. The van der Waals surface area contributed by atoms with Crippen LogP contribution in [0.3, 0.4) is 0 Å². The molecule has 1 heterocycles. The summed E-state index contributed by atoms with van der Waals surface area (Å²) in [4.78, 5) is 27.5. The Labute approximate surface area is 161 Å². The van der Waals surface area contributed by atoms with Gasteiger partial charge in [-0.3, -0.25) is 10.1 Å². The molecule has 0 aliphatic carbocycles. The quantitative estimate of drug-likeness (QED) is 0.588. The summed E-state index contributed by atoms with van der Waals surface area (Å²) in [5.74, 6) is -1.12. The van der Waals surface area contributed by atoms with Crippen molar-refractivity contribution in [2.45, 2.75) is 32.5 Å². The topological polar surface area (TPSA) is 92.3 Å². The summed E-state index contributed by atoms with van der Waals surface area (Å²) < 4.78 is 43.6. The number of pyridine rings is 1. The molecule has 1 aromatic heterocycles. The van der Waals surface area contributed by atoms with Crippen LogP contribution in [0.25, 0.3) is 0 Å². The summed E-state index contributed by atoms with van der Waals surface area (Å²) >= 11 is 7.99. The molecule has 0 radical (unpaired) electrons. The van der Waals surface area contributed by atoms with Gasteiger partial charge in [0, 0.05) is 10.7 Å². The van der Waals surface area contributed by atoms with Crippen molar-refractivity contribution in [3.05, 3.63) is 22.3 Å². The highest BCUT2D eigenvalue weighted by molar-refractivity contribution is 9.10. The molecular weight excluding hydrogens is 441 g/mol. The van der Waals surface area contributed by atoms with Gasteiger partial charge in [0.15, 0.2) is 5.11 Å². The number of nitrogens with zero attached hydrogens (tertiary/aromatic N) is 1. The van der Waals surface area contributed by atoms with E-state index in [1.807, 2.05) is 5.32 Å². The first-order valence-corrected chi connectivity index (χ1v) is 8.56. The lowest BCUT2D eigenvalue weighted by Gasteiger charge is -2.21. The molecule has 2 amide bonds. The van der Waals surface area contributed by atoms with Gasteiger partial charge in [-0.1, -0.05) is 6.92 Å². The second-order valence-corrected chi connectivity index (χ2v) is 6.15. The average Bonchev–Trinajstić information content (AvgIpc) is 2.52. The summed E-state index contributed by atoms with van der Waals surface area (Å²) in [5.41, 5.74) is -0.185. The first-order valence-electron chi connectivity index (χ1n) is 7.36. The molecule has 1 unspecified atom stereocenters. The van der Waals surface area contributed by atoms with E-state index in [0.717, 1.165) is 0 Å². The fourth-order valence-corrected chi connectivity index (χ4v) is 2.27. The van der Waals surface area contributed by atoms with Crippen LogP contribution in [0, 0.1) is 0 Å². The second-order valence-electron chi connectivity index (χ2n) is 4.83. The number of nitrogens with one attached hydrogen (secondary N) is 3. The fourth-order valence-electron chi connectivity index (χ4n) is 1.76. The number of thiocarbonyl (C=S) groups is 1.